The molecule has 0 fully saturated rings. The summed E-state index contributed by atoms with van der Waals surface area (Å²) < 4.78 is 40.8. The minimum atomic E-state index is -4.08. The van der Waals surface area contributed by atoms with Gasteiger partial charge in [0.05, 0.1) is 6.61 Å². The number of carbonyl (C=O) groups is 1. The van der Waals surface area contributed by atoms with Gasteiger partial charge in [0.2, 0.25) is 0 Å². The highest BCUT2D eigenvalue weighted by atomic mass is 32.2. The van der Waals surface area contributed by atoms with Crippen molar-refractivity contribution in [3.05, 3.63) is 0 Å². The smallest absolute Gasteiger partial charge is 0.389 e. The van der Waals surface area contributed by atoms with Gasteiger partial charge in [0, 0.05) is 6.42 Å². The van der Waals surface area contributed by atoms with Crippen LogP contribution < -0.4 is 0 Å². The number of alkyl halides is 3. The van der Waals surface area contributed by atoms with Crippen molar-refractivity contribution >= 4 is 17.7 Å². The first-order chi connectivity index (χ1) is 8.90. The van der Waals surface area contributed by atoms with Gasteiger partial charge in [-0.1, -0.05) is 19.8 Å². The monoisotopic (exact) mass is 300 g/mol. The lowest BCUT2D eigenvalue weighted by Gasteiger charge is -2.14. The normalized spacial score (nSPS) is 13.3. The van der Waals surface area contributed by atoms with Gasteiger partial charge in [0.15, 0.2) is 0 Å². The first-order valence-electron chi connectivity index (χ1n) is 6.75. The van der Waals surface area contributed by atoms with E-state index in [1.54, 1.807) is 6.92 Å². The standard InChI is InChI=1S/C13H23F3O2S/c1-3-5-8-11(12(17)18-4-2)19-10-7-6-9-13(14,15)16/h11H,3-10H2,1-2H3. The molecule has 0 heterocycles. The van der Waals surface area contributed by atoms with Gasteiger partial charge in [-0.15, -0.1) is 11.8 Å². The summed E-state index contributed by atoms with van der Waals surface area (Å²) in [6.07, 6.45) is -1.56. The lowest BCUT2D eigenvalue weighted by atomic mass is 10.2. The maximum absolute atomic E-state index is 12.0. The summed E-state index contributed by atoms with van der Waals surface area (Å²) >= 11 is 1.42. The van der Waals surface area contributed by atoms with Crippen molar-refractivity contribution in [2.75, 3.05) is 12.4 Å². The van der Waals surface area contributed by atoms with Crippen LogP contribution in [0.4, 0.5) is 13.2 Å². The van der Waals surface area contributed by atoms with Crippen LogP contribution in [0.15, 0.2) is 0 Å². The zero-order chi connectivity index (χ0) is 14.7. The molecule has 0 aliphatic rings. The van der Waals surface area contributed by atoms with Crippen LogP contribution in [0, 0.1) is 0 Å². The van der Waals surface area contributed by atoms with Gasteiger partial charge in [-0.25, -0.2) is 0 Å². The van der Waals surface area contributed by atoms with E-state index in [9.17, 15) is 18.0 Å². The number of unbranched alkanes of at least 4 members (excludes halogenated alkanes) is 2. The van der Waals surface area contributed by atoms with E-state index in [1.807, 2.05) is 6.92 Å². The molecule has 0 aliphatic heterocycles. The average molecular weight is 300 g/mol. The molecule has 114 valence electrons. The average Bonchev–Trinajstić information content (AvgIpc) is 2.31. The summed E-state index contributed by atoms with van der Waals surface area (Å²) in [5.41, 5.74) is 0. The molecule has 2 nitrogen and oxygen atoms in total. The molecular weight excluding hydrogens is 277 g/mol. The molecule has 0 aromatic rings. The molecular formula is C13H23F3O2S. The molecule has 19 heavy (non-hydrogen) atoms. The van der Waals surface area contributed by atoms with Crippen molar-refractivity contribution in [3.63, 3.8) is 0 Å². The Morgan fingerprint density at radius 2 is 1.89 bits per heavy atom. The molecule has 1 unspecified atom stereocenters. The van der Waals surface area contributed by atoms with Crippen molar-refractivity contribution in [2.24, 2.45) is 0 Å². The number of halogens is 3. The molecule has 0 aromatic heterocycles. The van der Waals surface area contributed by atoms with Crippen molar-refractivity contribution < 1.29 is 22.7 Å². The third-order valence-corrected chi connectivity index (χ3v) is 3.90. The van der Waals surface area contributed by atoms with Crippen LogP contribution in [0.3, 0.4) is 0 Å². The Balaban J connectivity index is 3.88. The quantitative estimate of drug-likeness (QED) is 0.436. The maximum atomic E-state index is 12.0. The summed E-state index contributed by atoms with van der Waals surface area (Å²) in [4.78, 5) is 11.6. The van der Waals surface area contributed by atoms with Crippen LogP contribution in [0.25, 0.3) is 0 Å². The highest BCUT2D eigenvalue weighted by Crippen LogP contribution is 2.25. The number of hydrogen-bond acceptors (Lipinski definition) is 3. The molecule has 0 radical (unpaired) electrons. The lowest BCUT2D eigenvalue weighted by Crippen LogP contribution is -2.21. The summed E-state index contributed by atoms with van der Waals surface area (Å²) in [5, 5.41) is -0.231. The number of rotatable bonds is 10. The van der Waals surface area contributed by atoms with Crippen molar-refractivity contribution in [1.82, 2.24) is 0 Å². The number of ether oxygens (including phenoxy) is 1. The topological polar surface area (TPSA) is 26.3 Å². The fraction of sp³-hybridized carbons (Fsp3) is 0.923. The van der Waals surface area contributed by atoms with E-state index in [0.717, 1.165) is 19.3 Å². The SMILES string of the molecule is CCCCC(SCCCCC(F)(F)F)C(=O)OCC. The van der Waals surface area contributed by atoms with E-state index >= 15 is 0 Å². The van der Waals surface area contributed by atoms with E-state index < -0.39 is 12.6 Å². The Morgan fingerprint density at radius 3 is 2.42 bits per heavy atom. The minimum Gasteiger partial charge on any atom is -0.465 e. The fourth-order valence-electron chi connectivity index (χ4n) is 1.55. The van der Waals surface area contributed by atoms with E-state index in [4.69, 9.17) is 4.74 Å². The Morgan fingerprint density at radius 1 is 1.21 bits per heavy atom. The Labute approximate surface area is 117 Å². The Bertz CT molecular complexity index is 245. The highest BCUT2D eigenvalue weighted by Gasteiger charge is 2.26. The second-order valence-corrected chi connectivity index (χ2v) is 5.64. The van der Waals surface area contributed by atoms with E-state index in [-0.39, 0.29) is 17.6 Å². The van der Waals surface area contributed by atoms with E-state index in [0.29, 0.717) is 18.8 Å². The molecule has 0 saturated heterocycles. The highest BCUT2D eigenvalue weighted by molar-refractivity contribution is 8.00. The first kappa shape index (κ1) is 18.6. The van der Waals surface area contributed by atoms with Gasteiger partial charge >= 0.3 is 12.1 Å². The van der Waals surface area contributed by atoms with E-state index in [2.05, 4.69) is 0 Å². The number of hydrogen-bond donors (Lipinski definition) is 0. The molecule has 0 N–H and O–H groups in total. The number of carbonyl (C=O) groups excluding carboxylic acids is 1. The molecule has 0 aliphatic carbocycles. The summed E-state index contributed by atoms with van der Waals surface area (Å²) in [5.74, 6) is 0.334. The van der Waals surface area contributed by atoms with Gasteiger partial charge < -0.3 is 4.74 Å². The van der Waals surface area contributed by atoms with Crippen molar-refractivity contribution in [1.29, 1.82) is 0 Å². The predicted molar refractivity (Wildman–Crippen MR) is 72.3 cm³/mol. The van der Waals surface area contributed by atoms with Gasteiger partial charge in [-0.05, 0) is 31.9 Å². The van der Waals surface area contributed by atoms with Crippen molar-refractivity contribution in [3.8, 4) is 0 Å². The first-order valence-corrected chi connectivity index (χ1v) is 7.80. The van der Waals surface area contributed by atoms with Gasteiger partial charge in [-0.2, -0.15) is 13.2 Å². The fourth-order valence-corrected chi connectivity index (χ4v) is 2.74. The number of thioether (sulfide) groups is 1. The van der Waals surface area contributed by atoms with Gasteiger partial charge in [-0.3, -0.25) is 4.79 Å². The lowest BCUT2D eigenvalue weighted by molar-refractivity contribution is -0.142. The molecule has 0 bridgehead atoms. The van der Waals surface area contributed by atoms with Crippen LogP contribution >= 0.6 is 11.8 Å². The zero-order valence-electron chi connectivity index (χ0n) is 11.6. The summed E-state index contributed by atoms with van der Waals surface area (Å²) in [6.45, 7) is 4.13. The Kier molecular flexibility index (Phi) is 10.2. The van der Waals surface area contributed by atoms with Crippen LogP contribution in [0.2, 0.25) is 0 Å². The molecule has 0 rings (SSSR count). The van der Waals surface area contributed by atoms with Crippen LogP contribution in [0.5, 0.6) is 0 Å². The molecule has 0 aromatic carbocycles. The van der Waals surface area contributed by atoms with E-state index in [1.165, 1.54) is 11.8 Å². The Hall–Kier alpha value is -0.390. The third kappa shape index (κ3) is 11.2. The second kappa shape index (κ2) is 10.4. The maximum Gasteiger partial charge on any atom is 0.389 e. The zero-order valence-corrected chi connectivity index (χ0v) is 12.4. The van der Waals surface area contributed by atoms with Gasteiger partial charge in [0.25, 0.3) is 0 Å². The third-order valence-electron chi connectivity index (χ3n) is 2.54. The predicted octanol–water partition coefficient (Wildman–Crippen LogP) is 4.57. The molecule has 0 amide bonds. The molecule has 6 heteroatoms. The molecule has 0 spiro atoms. The molecule has 1 atom stereocenters. The summed E-state index contributed by atoms with van der Waals surface area (Å²) in [6, 6.07) is 0. The van der Waals surface area contributed by atoms with Crippen molar-refractivity contribution in [2.45, 2.75) is 63.8 Å². The molecule has 0 saturated carbocycles. The van der Waals surface area contributed by atoms with Crippen LogP contribution in [-0.2, 0) is 9.53 Å². The second-order valence-electron chi connectivity index (χ2n) is 4.33. The minimum absolute atomic E-state index is 0.125. The van der Waals surface area contributed by atoms with Gasteiger partial charge in [0.1, 0.15) is 5.25 Å². The number of esters is 1. The van der Waals surface area contributed by atoms with Crippen LogP contribution in [0.1, 0.15) is 52.4 Å². The summed E-state index contributed by atoms with van der Waals surface area (Å²) in [7, 11) is 0. The van der Waals surface area contributed by atoms with Crippen LogP contribution in [-0.4, -0.2) is 29.8 Å². The largest absolute Gasteiger partial charge is 0.465 e.